The molecule has 106 valence electrons. The van der Waals surface area contributed by atoms with Crippen LogP contribution in [0.3, 0.4) is 0 Å². The maximum Gasteiger partial charge on any atom is 0.310 e. The first-order valence-corrected chi connectivity index (χ1v) is 6.30. The molecule has 0 aromatic heterocycles. The van der Waals surface area contributed by atoms with E-state index in [1.165, 1.54) is 0 Å². The van der Waals surface area contributed by atoms with E-state index in [0.717, 1.165) is 0 Å². The Balaban J connectivity index is 4.50. The van der Waals surface area contributed by atoms with Crippen molar-refractivity contribution in [2.75, 3.05) is 0 Å². The molecule has 5 nitrogen and oxygen atoms in total. The van der Waals surface area contributed by atoms with Crippen LogP contribution in [0.2, 0.25) is 0 Å². The molecular formula is C13H25NO4. The van der Waals surface area contributed by atoms with Gasteiger partial charge >= 0.3 is 5.97 Å². The van der Waals surface area contributed by atoms with Gasteiger partial charge in [-0.1, -0.05) is 13.8 Å². The summed E-state index contributed by atoms with van der Waals surface area (Å²) in [5, 5.41) is 21.1. The molecule has 18 heavy (non-hydrogen) atoms. The molecule has 0 rings (SSSR count). The quantitative estimate of drug-likeness (QED) is 0.645. The van der Waals surface area contributed by atoms with Crippen LogP contribution in [0.1, 0.15) is 47.5 Å². The van der Waals surface area contributed by atoms with Crippen molar-refractivity contribution in [3.05, 3.63) is 0 Å². The van der Waals surface area contributed by atoms with E-state index in [1.807, 2.05) is 0 Å². The lowest BCUT2D eigenvalue weighted by Crippen LogP contribution is -2.42. The fraction of sp³-hybridized carbons (Fsp3) is 0.846. The third-order valence-corrected chi connectivity index (χ3v) is 3.39. The molecule has 0 saturated heterocycles. The highest BCUT2D eigenvalue weighted by Crippen LogP contribution is 2.31. The number of rotatable bonds is 7. The van der Waals surface area contributed by atoms with Gasteiger partial charge in [-0.05, 0) is 33.1 Å². The van der Waals surface area contributed by atoms with Crippen molar-refractivity contribution >= 4 is 11.9 Å². The predicted octanol–water partition coefficient (Wildman–Crippen LogP) is 1.40. The van der Waals surface area contributed by atoms with E-state index in [2.05, 4.69) is 5.32 Å². The summed E-state index contributed by atoms with van der Waals surface area (Å²) < 4.78 is 0. The van der Waals surface area contributed by atoms with Crippen molar-refractivity contribution in [3.8, 4) is 0 Å². The second-order valence-electron chi connectivity index (χ2n) is 5.61. The van der Waals surface area contributed by atoms with Gasteiger partial charge in [-0.15, -0.1) is 0 Å². The average molecular weight is 259 g/mol. The monoisotopic (exact) mass is 259 g/mol. The first kappa shape index (κ1) is 16.9. The SMILES string of the molecule is CC(O)CC(C)NC(=O)CC(C)(C(=O)O)C(C)C. The molecule has 0 fully saturated rings. The molecule has 5 heteroatoms. The van der Waals surface area contributed by atoms with E-state index in [4.69, 9.17) is 0 Å². The van der Waals surface area contributed by atoms with E-state index in [1.54, 1.807) is 34.6 Å². The maximum atomic E-state index is 11.8. The van der Waals surface area contributed by atoms with E-state index in [-0.39, 0.29) is 24.3 Å². The minimum absolute atomic E-state index is 0.0514. The number of aliphatic hydroxyl groups is 1. The Morgan fingerprint density at radius 3 is 2.06 bits per heavy atom. The van der Waals surface area contributed by atoms with E-state index >= 15 is 0 Å². The van der Waals surface area contributed by atoms with Crippen LogP contribution < -0.4 is 5.32 Å². The lowest BCUT2D eigenvalue weighted by atomic mass is 9.76. The third-order valence-electron chi connectivity index (χ3n) is 3.39. The first-order chi connectivity index (χ1) is 8.09. The Kier molecular flexibility index (Phi) is 6.32. The van der Waals surface area contributed by atoms with Gasteiger partial charge in [0.25, 0.3) is 0 Å². The lowest BCUT2D eigenvalue weighted by Gasteiger charge is -2.29. The topological polar surface area (TPSA) is 86.6 Å². The molecule has 0 aromatic carbocycles. The number of carboxylic acid groups (broad SMARTS) is 1. The lowest BCUT2D eigenvalue weighted by molar-refractivity contribution is -0.153. The molecule has 3 N–H and O–H groups in total. The number of nitrogens with one attached hydrogen (secondary N) is 1. The Morgan fingerprint density at radius 2 is 1.72 bits per heavy atom. The Hall–Kier alpha value is -1.10. The van der Waals surface area contributed by atoms with Gasteiger partial charge in [0.1, 0.15) is 0 Å². The number of carbonyl (C=O) groups excluding carboxylic acids is 1. The van der Waals surface area contributed by atoms with Gasteiger partial charge in [0.2, 0.25) is 5.91 Å². The number of aliphatic carboxylic acids is 1. The van der Waals surface area contributed by atoms with E-state index in [0.29, 0.717) is 6.42 Å². The zero-order chi connectivity index (χ0) is 14.5. The Labute approximate surface area is 109 Å². The molecule has 0 heterocycles. The van der Waals surface area contributed by atoms with E-state index < -0.39 is 17.5 Å². The van der Waals surface area contributed by atoms with Crippen LogP contribution in [0.4, 0.5) is 0 Å². The second kappa shape index (κ2) is 6.73. The molecule has 0 aliphatic carbocycles. The highest BCUT2D eigenvalue weighted by molar-refractivity contribution is 5.85. The van der Waals surface area contributed by atoms with Crippen molar-refractivity contribution < 1.29 is 19.8 Å². The fourth-order valence-electron chi connectivity index (χ4n) is 1.76. The van der Waals surface area contributed by atoms with Crippen LogP contribution in [0.5, 0.6) is 0 Å². The largest absolute Gasteiger partial charge is 0.481 e. The van der Waals surface area contributed by atoms with Gasteiger partial charge < -0.3 is 15.5 Å². The summed E-state index contributed by atoms with van der Waals surface area (Å²) in [4.78, 5) is 23.0. The molecule has 3 unspecified atom stereocenters. The van der Waals surface area contributed by atoms with Crippen LogP contribution >= 0.6 is 0 Å². The molecule has 0 radical (unpaired) electrons. The summed E-state index contributed by atoms with van der Waals surface area (Å²) in [6.45, 7) is 8.61. The van der Waals surface area contributed by atoms with Crippen LogP contribution in [-0.2, 0) is 9.59 Å². The molecule has 0 spiro atoms. The van der Waals surface area contributed by atoms with Crippen molar-refractivity contribution in [1.29, 1.82) is 0 Å². The summed E-state index contributed by atoms with van der Waals surface area (Å²) in [7, 11) is 0. The van der Waals surface area contributed by atoms with Gasteiger partial charge in [-0.3, -0.25) is 9.59 Å². The van der Waals surface area contributed by atoms with Crippen molar-refractivity contribution in [1.82, 2.24) is 5.32 Å². The number of carboxylic acids is 1. The standard InChI is InChI=1S/C13H25NO4/c1-8(2)13(5,12(17)18)7-11(16)14-9(3)6-10(4)15/h8-10,15H,6-7H2,1-5H3,(H,14,16)(H,17,18). The van der Waals surface area contributed by atoms with Crippen molar-refractivity contribution in [3.63, 3.8) is 0 Å². The molecule has 0 aliphatic heterocycles. The number of hydrogen-bond acceptors (Lipinski definition) is 3. The fourth-order valence-corrected chi connectivity index (χ4v) is 1.76. The molecule has 0 bridgehead atoms. The van der Waals surface area contributed by atoms with Crippen LogP contribution in [0.15, 0.2) is 0 Å². The third kappa shape index (κ3) is 5.04. The minimum atomic E-state index is -1.06. The zero-order valence-corrected chi connectivity index (χ0v) is 11.9. The molecule has 0 aliphatic rings. The van der Waals surface area contributed by atoms with E-state index in [9.17, 15) is 19.8 Å². The summed E-state index contributed by atoms with van der Waals surface area (Å²) in [6.07, 6.45) is -0.0855. The van der Waals surface area contributed by atoms with Crippen LogP contribution in [0, 0.1) is 11.3 Å². The minimum Gasteiger partial charge on any atom is -0.481 e. The van der Waals surface area contributed by atoms with Gasteiger partial charge in [0, 0.05) is 12.5 Å². The number of amides is 1. The van der Waals surface area contributed by atoms with Gasteiger partial charge in [0.15, 0.2) is 0 Å². The van der Waals surface area contributed by atoms with Crippen LogP contribution in [-0.4, -0.2) is 34.2 Å². The van der Waals surface area contributed by atoms with Gasteiger partial charge in [0.05, 0.1) is 11.5 Å². The predicted molar refractivity (Wildman–Crippen MR) is 69.1 cm³/mol. The number of hydrogen-bond donors (Lipinski definition) is 3. The highest BCUT2D eigenvalue weighted by Gasteiger charge is 2.38. The van der Waals surface area contributed by atoms with Crippen LogP contribution in [0.25, 0.3) is 0 Å². The summed E-state index contributed by atoms with van der Waals surface area (Å²) in [5.41, 5.74) is -1.06. The molecule has 3 atom stereocenters. The van der Waals surface area contributed by atoms with Gasteiger partial charge in [-0.25, -0.2) is 0 Å². The second-order valence-corrected chi connectivity index (χ2v) is 5.61. The number of carbonyl (C=O) groups is 2. The maximum absolute atomic E-state index is 11.8. The van der Waals surface area contributed by atoms with Crippen molar-refractivity contribution in [2.24, 2.45) is 11.3 Å². The zero-order valence-electron chi connectivity index (χ0n) is 11.9. The first-order valence-electron chi connectivity index (χ1n) is 6.30. The van der Waals surface area contributed by atoms with Crippen molar-refractivity contribution in [2.45, 2.75) is 59.6 Å². The van der Waals surface area contributed by atoms with Gasteiger partial charge in [-0.2, -0.15) is 0 Å². The Bertz CT molecular complexity index is 301. The summed E-state index contributed by atoms with van der Waals surface area (Å²) >= 11 is 0. The molecular weight excluding hydrogens is 234 g/mol. The molecule has 0 saturated carbocycles. The molecule has 0 aromatic rings. The summed E-state index contributed by atoms with van der Waals surface area (Å²) in [6, 6.07) is -0.164. The average Bonchev–Trinajstić information content (AvgIpc) is 2.14. The highest BCUT2D eigenvalue weighted by atomic mass is 16.4. The normalized spacial score (nSPS) is 17.9. The number of aliphatic hydroxyl groups excluding tert-OH is 1. The summed E-state index contributed by atoms with van der Waals surface area (Å²) in [5.74, 6) is -1.38. The Morgan fingerprint density at radius 1 is 1.22 bits per heavy atom. The molecule has 1 amide bonds. The smallest absolute Gasteiger partial charge is 0.310 e.